The predicted octanol–water partition coefficient (Wildman–Crippen LogP) is 1.69. The molecule has 108 valence electrons. The second-order valence-electron chi connectivity index (χ2n) is 4.46. The van der Waals surface area contributed by atoms with Crippen molar-refractivity contribution in [2.24, 2.45) is 0 Å². The van der Waals surface area contributed by atoms with Gasteiger partial charge in [-0.3, -0.25) is 4.79 Å². The first-order valence-electron chi connectivity index (χ1n) is 6.26. The number of ether oxygens (including phenoxy) is 1. The van der Waals surface area contributed by atoms with Gasteiger partial charge in [-0.05, 0) is 25.0 Å². The first-order valence-corrected chi connectivity index (χ1v) is 6.26. The number of carboxylic acids is 1. The summed E-state index contributed by atoms with van der Waals surface area (Å²) in [4.78, 5) is 23.3. The molecule has 0 fully saturated rings. The Morgan fingerprint density at radius 2 is 2.00 bits per heavy atom. The standard InChI is InChI=1S/C15H19NO4/c1-4-8-20-9-12(15(18)19)16-14(17)13-10(2)6-5-7-11(13)3/h4-7,12H,1,8-9H2,2-3H3,(H,16,17)(H,18,19). The molecular formula is C15H19NO4. The lowest BCUT2D eigenvalue weighted by atomic mass is 10.0. The van der Waals surface area contributed by atoms with Crippen molar-refractivity contribution in [2.75, 3.05) is 13.2 Å². The Morgan fingerprint density at radius 1 is 1.40 bits per heavy atom. The molecule has 0 aliphatic carbocycles. The van der Waals surface area contributed by atoms with Crippen LogP contribution in [-0.4, -0.2) is 36.2 Å². The third-order valence-electron chi connectivity index (χ3n) is 2.83. The molecule has 0 saturated heterocycles. The maximum Gasteiger partial charge on any atom is 0.328 e. The Labute approximate surface area is 118 Å². The van der Waals surface area contributed by atoms with Gasteiger partial charge in [0.25, 0.3) is 5.91 Å². The molecule has 20 heavy (non-hydrogen) atoms. The number of amides is 1. The number of hydrogen-bond acceptors (Lipinski definition) is 3. The van der Waals surface area contributed by atoms with Gasteiger partial charge in [0, 0.05) is 5.56 Å². The molecule has 2 N–H and O–H groups in total. The molecule has 0 aliphatic heterocycles. The minimum Gasteiger partial charge on any atom is -0.480 e. The van der Waals surface area contributed by atoms with E-state index in [-0.39, 0.29) is 13.2 Å². The van der Waals surface area contributed by atoms with Gasteiger partial charge in [0.1, 0.15) is 0 Å². The second kappa shape index (κ2) is 7.45. The lowest BCUT2D eigenvalue weighted by Crippen LogP contribution is -2.44. The molecule has 5 heteroatoms. The van der Waals surface area contributed by atoms with E-state index >= 15 is 0 Å². The first kappa shape index (κ1) is 15.9. The Hall–Kier alpha value is -2.14. The van der Waals surface area contributed by atoms with Crippen LogP contribution in [0.15, 0.2) is 30.9 Å². The summed E-state index contributed by atoms with van der Waals surface area (Å²) >= 11 is 0. The Kier molecular flexibility index (Phi) is 5.93. The van der Waals surface area contributed by atoms with Crippen molar-refractivity contribution in [2.45, 2.75) is 19.9 Å². The molecule has 1 unspecified atom stereocenters. The van der Waals surface area contributed by atoms with Gasteiger partial charge in [-0.2, -0.15) is 0 Å². The highest BCUT2D eigenvalue weighted by Crippen LogP contribution is 2.13. The summed E-state index contributed by atoms with van der Waals surface area (Å²) < 4.78 is 5.09. The van der Waals surface area contributed by atoms with Crippen LogP contribution in [0, 0.1) is 13.8 Å². The zero-order valence-electron chi connectivity index (χ0n) is 11.7. The number of aryl methyl sites for hydroxylation is 2. The van der Waals surface area contributed by atoms with Gasteiger partial charge >= 0.3 is 5.97 Å². The second-order valence-corrected chi connectivity index (χ2v) is 4.46. The smallest absolute Gasteiger partial charge is 0.328 e. The average molecular weight is 277 g/mol. The molecule has 0 spiro atoms. The number of carbonyl (C=O) groups excluding carboxylic acids is 1. The molecule has 1 aromatic carbocycles. The molecule has 1 rings (SSSR count). The van der Waals surface area contributed by atoms with E-state index in [2.05, 4.69) is 11.9 Å². The van der Waals surface area contributed by atoms with Gasteiger partial charge in [-0.1, -0.05) is 24.3 Å². The van der Waals surface area contributed by atoms with Gasteiger partial charge in [0.15, 0.2) is 6.04 Å². The van der Waals surface area contributed by atoms with Gasteiger partial charge in [0.2, 0.25) is 0 Å². The van der Waals surface area contributed by atoms with E-state index < -0.39 is 17.9 Å². The van der Waals surface area contributed by atoms with Crippen LogP contribution in [0.2, 0.25) is 0 Å². The zero-order valence-corrected chi connectivity index (χ0v) is 11.7. The summed E-state index contributed by atoms with van der Waals surface area (Å²) in [6.07, 6.45) is 1.52. The monoisotopic (exact) mass is 277 g/mol. The van der Waals surface area contributed by atoms with Crippen LogP contribution in [0.4, 0.5) is 0 Å². The van der Waals surface area contributed by atoms with Crippen LogP contribution in [0.5, 0.6) is 0 Å². The molecule has 5 nitrogen and oxygen atoms in total. The highest BCUT2D eigenvalue weighted by molar-refractivity contribution is 5.99. The minimum atomic E-state index is -1.13. The lowest BCUT2D eigenvalue weighted by molar-refractivity contribution is -0.140. The third-order valence-corrected chi connectivity index (χ3v) is 2.83. The fraction of sp³-hybridized carbons (Fsp3) is 0.333. The third kappa shape index (κ3) is 4.20. The van der Waals surface area contributed by atoms with Gasteiger partial charge in [0.05, 0.1) is 13.2 Å². The maximum absolute atomic E-state index is 12.2. The lowest BCUT2D eigenvalue weighted by Gasteiger charge is -2.16. The van der Waals surface area contributed by atoms with E-state index in [1.807, 2.05) is 32.0 Å². The summed E-state index contributed by atoms with van der Waals surface area (Å²) in [6, 6.07) is 4.39. The van der Waals surface area contributed by atoms with Crippen molar-refractivity contribution < 1.29 is 19.4 Å². The number of rotatable bonds is 7. The van der Waals surface area contributed by atoms with Crippen LogP contribution in [0.25, 0.3) is 0 Å². The normalized spacial score (nSPS) is 11.7. The molecule has 0 bridgehead atoms. The van der Waals surface area contributed by atoms with Crippen molar-refractivity contribution >= 4 is 11.9 Å². The number of benzene rings is 1. The highest BCUT2D eigenvalue weighted by atomic mass is 16.5. The molecule has 1 atom stereocenters. The van der Waals surface area contributed by atoms with Crippen LogP contribution in [0.1, 0.15) is 21.5 Å². The molecule has 0 aromatic heterocycles. The molecule has 0 saturated carbocycles. The summed E-state index contributed by atoms with van der Waals surface area (Å²) in [5.41, 5.74) is 2.11. The van der Waals surface area contributed by atoms with Gasteiger partial charge in [-0.25, -0.2) is 4.79 Å². The van der Waals surface area contributed by atoms with E-state index in [1.54, 1.807) is 0 Å². The maximum atomic E-state index is 12.2. The minimum absolute atomic E-state index is 0.0992. The van der Waals surface area contributed by atoms with Crippen LogP contribution >= 0.6 is 0 Å². The van der Waals surface area contributed by atoms with E-state index in [4.69, 9.17) is 9.84 Å². The number of carbonyl (C=O) groups is 2. The number of nitrogens with one attached hydrogen (secondary N) is 1. The Balaban J connectivity index is 2.80. The zero-order chi connectivity index (χ0) is 15.1. The van der Waals surface area contributed by atoms with Crippen molar-refractivity contribution in [1.29, 1.82) is 0 Å². The molecule has 0 radical (unpaired) electrons. The average Bonchev–Trinajstić information content (AvgIpc) is 2.37. The quantitative estimate of drug-likeness (QED) is 0.587. The fourth-order valence-electron chi connectivity index (χ4n) is 1.85. The molecule has 1 aromatic rings. The van der Waals surface area contributed by atoms with Crippen LogP contribution < -0.4 is 5.32 Å². The summed E-state index contributed by atoms with van der Waals surface area (Å²) in [5, 5.41) is 11.6. The molecule has 0 aliphatic rings. The van der Waals surface area contributed by atoms with Crippen molar-refractivity contribution in [3.63, 3.8) is 0 Å². The van der Waals surface area contributed by atoms with E-state index in [0.717, 1.165) is 11.1 Å². The van der Waals surface area contributed by atoms with Crippen molar-refractivity contribution in [1.82, 2.24) is 5.32 Å². The Bertz CT molecular complexity index is 490. The predicted molar refractivity (Wildman–Crippen MR) is 75.8 cm³/mol. The summed E-state index contributed by atoms with van der Waals surface area (Å²) in [5.74, 6) is -1.54. The highest BCUT2D eigenvalue weighted by Gasteiger charge is 2.22. The van der Waals surface area contributed by atoms with Crippen LogP contribution in [0.3, 0.4) is 0 Å². The summed E-state index contributed by atoms with van der Waals surface area (Å²) in [6.45, 7) is 7.24. The first-order chi connectivity index (χ1) is 9.47. The Morgan fingerprint density at radius 3 is 2.50 bits per heavy atom. The number of aliphatic carboxylic acids is 1. The van der Waals surface area contributed by atoms with Gasteiger partial charge in [-0.15, -0.1) is 6.58 Å². The van der Waals surface area contributed by atoms with E-state index in [1.165, 1.54) is 6.08 Å². The van der Waals surface area contributed by atoms with E-state index in [0.29, 0.717) is 5.56 Å². The SMILES string of the molecule is C=CCOCC(NC(=O)c1c(C)cccc1C)C(=O)O. The topological polar surface area (TPSA) is 75.6 Å². The fourth-order valence-corrected chi connectivity index (χ4v) is 1.85. The van der Waals surface area contributed by atoms with Gasteiger partial charge < -0.3 is 15.2 Å². The summed E-state index contributed by atoms with van der Waals surface area (Å²) in [7, 11) is 0. The number of hydrogen-bond donors (Lipinski definition) is 2. The molecular weight excluding hydrogens is 258 g/mol. The van der Waals surface area contributed by atoms with E-state index in [9.17, 15) is 9.59 Å². The molecule has 1 amide bonds. The molecule has 0 heterocycles. The number of carboxylic acid groups (broad SMARTS) is 1. The van der Waals surface area contributed by atoms with Crippen molar-refractivity contribution in [3.05, 3.63) is 47.5 Å². The van der Waals surface area contributed by atoms with Crippen molar-refractivity contribution in [3.8, 4) is 0 Å². The van der Waals surface area contributed by atoms with Crippen LogP contribution in [-0.2, 0) is 9.53 Å². The largest absolute Gasteiger partial charge is 0.480 e.